The molecule has 0 aliphatic heterocycles. The molecule has 0 spiro atoms. The maximum atomic E-state index is 5.55. The van der Waals surface area contributed by atoms with Crippen molar-refractivity contribution in [1.82, 2.24) is 0 Å². The Bertz CT molecular complexity index is 530. The Morgan fingerprint density at radius 3 is 2.62 bits per heavy atom. The zero-order chi connectivity index (χ0) is 10.4. The summed E-state index contributed by atoms with van der Waals surface area (Å²) in [7, 11) is 1.81. The van der Waals surface area contributed by atoms with E-state index in [1.807, 2.05) is 0 Å². The van der Waals surface area contributed by atoms with Gasteiger partial charge in [-0.25, -0.2) is 0 Å². The van der Waals surface area contributed by atoms with Gasteiger partial charge in [0.1, 0.15) is 5.75 Å². The van der Waals surface area contributed by atoms with Gasteiger partial charge >= 0.3 is 0 Å². The Kier molecular flexibility index (Phi) is 1.10. The fraction of sp³-hybridized carbons (Fsp3) is 0.467. The molecule has 0 saturated heterocycles. The van der Waals surface area contributed by atoms with Crippen molar-refractivity contribution in [2.24, 2.45) is 23.7 Å². The SMILES string of the molecule is COc1cccc2c1[C@H]1[C@H]3[C@@H]2[C@H]2C=C[C@@H]2[C@@H]13. The first kappa shape index (κ1) is 7.94. The van der Waals surface area contributed by atoms with Gasteiger partial charge in [-0.3, -0.25) is 0 Å². The molecule has 1 aromatic rings. The largest absolute Gasteiger partial charge is 0.496 e. The molecule has 0 N–H and O–H groups in total. The maximum Gasteiger partial charge on any atom is 0.122 e. The average molecular weight is 210 g/mol. The third-order valence-electron chi connectivity index (χ3n) is 5.42. The van der Waals surface area contributed by atoms with Crippen LogP contribution in [0.3, 0.4) is 0 Å². The molecule has 1 aromatic carbocycles. The van der Waals surface area contributed by atoms with Crippen molar-refractivity contribution in [3.8, 4) is 5.75 Å². The smallest absolute Gasteiger partial charge is 0.122 e. The molecule has 6 atom stereocenters. The van der Waals surface area contributed by atoms with E-state index in [-0.39, 0.29) is 0 Å². The van der Waals surface area contributed by atoms with E-state index >= 15 is 0 Å². The second-order valence-electron chi connectivity index (χ2n) is 5.71. The molecule has 0 aromatic heterocycles. The van der Waals surface area contributed by atoms with E-state index in [4.69, 9.17) is 4.74 Å². The predicted octanol–water partition coefficient (Wildman–Crippen LogP) is 2.94. The summed E-state index contributed by atoms with van der Waals surface area (Å²) in [5.41, 5.74) is 3.16. The fourth-order valence-electron chi connectivity index (χ4n) is 4.87. The van der Waals surface area contributed by atoms with Crippen LogP contribution in [0.2, 0.25) is 0 Å². The van der Waals surface area contributed by atoms with Crippen molar-refractivity contribution in [3.63, 3.8) is 0 Å². The highest BCUT2D eigenvalue weighted by molar-refractivity contribution is 5.59. The lowest BCUT2D eigenvalue weighted by molar-refractivity contribution is 0.393. The van der Waals surface area contributed by atoms with Gasteiger partial charge in [0.15, 0.2) is 0 Å². The van der Waals surface area contributed by atoms with Gasteiger partial charge in [0.25, 0.3) is 0 Å². The van der Waals surface area contributed by atoms with Gasteiger partial charge in [-0.05, 0) is 47.1 Å². The Balaban J connectivity index is 1.77. The van der Waals surface area contributed by atoms with Gasteiger partial charge in [-0.1, -0.05) is 24.3 Å². The first-order valence-corrected chi connectivity index (χ1v) is 6.27. The minimum absolute atomic E-state index is 0.829. The van der Waals surface area contributed by atoms with E-state index in [1.165, 1.54) is 0 Å². The van der Waals surface area contributed by atoms with E-state index in [0.29, 0.717) is 0 Å². The van der Waals surface area contributed by atoms with Gasteiger partial charge in [-0.15, -0.1) is 0 Å². The van der Waals surface area contributed by atoms with Crippen LogP contribution in [0.5, 0.6) is 5.75 Å². The Labute approximate surface area is 95.1 Å². The highest BCUT2D eigenvalue weighted by Gasteiger charge is 2.72. The summed E-state index contributed by atoms with van der Waals surface area (Å²) < 4.78 is 5.55. The summed E-state index contributed by atoms with van der Waals surface area (Å²) in [6.07, 6.45) is 4.88. The summed E-state index contributed by atoms with van der Waals surface area (Å²) in [4.78, 5) is 0. The summed E-state index contributed by atoms with van der Waals surface area (Å²) in [6, 6.07) is 6.63. The van der Waals surface area contributed by atoms with Gasteiger partial charge in [0.2, 0.25) is 0 Å². The summed E-state index contributed by atoms with van der Waals surface area (Å²) in [6.45, 7) is 0. The lowest BCUT2D eigenvalue weighted by Gasteiger charge is -2.28. The second kappa shape index (κ2) is 2.22. The van der Waals surface area contributed by atoms with E-state index in [0.717, 1.165) is 41.3 Å². The van der Waals surface area contributed by atoms with Crippen molar-refractivity contribution < 1.29 is 4.74 Å². The van der Waals surface area contributed by atoms with Gasteiger partial charge < -0.3 is 4.74 Å². The van der Waals surface area contributed by atoms with Crippen LogP contribution in [0, 0.1) is 23.7 Å². The summed E-state index contributed by atoms with van der Waals surface area (Å²) in [5, 5.41) is 0. The fourth-order valence-corrected chi connectivity index (χ4v) is 4.87. The molecule has 1 heteroatoms. The third kappa shape index (κ3) is 0.611. The number of methoxy groups -OCH3 is 1. The summed E-state index contributed by atoms with van der Waals surface area (Å²) in [5.74, 6) is 6.48. The number of hydrogen-bond acceptors (Lipinski definition) is 1. The molecule has 2 fully saturated rings. The Morgan fingerprint density at radius 2 is 1.88 bits per heavy atom. The molecule has 0 heterocycles. The van der Waals surface area contributed by atoms with Crippen LogP contribution in [0.25, 0.3) is 0 Å². The molecule has 2 saturated carbocycles. The van der Waals surface area contributed by atoms with Crippen LogP contribution in [-0.2, 0) is 0 Å². The molecular formula is C15H14O. The Hall–Kier alpha value is -1.24. The molecule has 4 aliphatic carbocycles. The van der Waals surface area contributed by atoms with Crippen LogP contribution >= 0.6 is 0 Å². The first-order chi connectivity index (χ1) is 7.92. The lowest BCUT2D eigenvalue weighted by Crippen LogP contribution is -2.19. The quantitative estimate of drug-likeness (QED) is 0.647. The monoisotopic (exact) mass is 210 g/mol. The minimum Gasteiger partial charge on any atom is -0.496 e. The predicted molar refractivity (Wildman–Crippen MR) is 61.6 cm³/mol. The summed E-state index contributed by atoms with van der Waals surface area (Å²) >= 11 is 0. The zero-order valence-corrected chi connectivity index (χ0v) is 9.26. The third-order valence-corrected chi connectivity index (χ3v) is 5.42. The van der Waals surface area contributed by atoms with E-state index in [1.54, 1.807) is 18.2 Å². The number of ether oxygens (including phenoxy) is 1. The maximum absolute atomic E-state index is 5.55. The van der Waals surface area contributed by atoms with E-state index in [2.05, 4.69) is 30.4 Å². The van der Waals surface area contributed by atoms with Crippen molar-refractivity contribution >= 4 is 0 Å². The molecule has 0 unspecified atom stereocenters. The van der Waals surface area contributed by atoms with Gasteiger partial charge in [0, 0.05) is 5.56 Å². The van der Waals surface area contributed by atoms with E-state index in [9.17, 15) is 0 Å². The molecule has 0 radical (unpaired) electrons. The van der Waals surface area contributed by atoms with Crippen molar-refractivity contribution in [3.05, 3.63) is 41.5 Å². The van der Waals surface area contributed by atoms with Crippen LogP contribution in [-0.4, -0.2) is 7.11 Å². The molecule has 1 nitrogen and oxygen atoms in total. The van der Waals surface area contributed by atoms with Crippen molar-refractivity contribution in [2.45, 2.75) is 11.8 Å². The number of benzene rings is 1. The zero-order valence-electron chi connectivity index (χ0n) is 9.26. The van der Waals surface area contributed by atoms with Crippen LogP contribution in [0.15, 0.2) is 30.4 Å². The molecular weight excluding hydrogens is 196 g/mol. The van der Waals surface area contributed by atoms with Crippen molar-refractivity contribution in [1.29, 1.82) is 0 Å². The lowest BCUT2D eigenvalue weighted by atomic mass is 9.76. The molecule has 80 valence electrons. The number of allylic oxidation sites excluding steroid dienone is 2. The van der Waals surface area contributed by atoms with Crippen molar-refractivity contribution in [2.75, 3.05) is 7.11 Å². The molecule has 4 aliphatic rings. The minimum atomic E-state index is 0.829. The average Bonchev–Trinajstić information content (AvgIpc) is 2.80. The molecule has 5 rings (SSSR count). The van der Waals surface area contributed by atoms with Crippen LogP contribution < -0.4 is 4.74 Å². The highest BCUT2D eigenvalue weighted by Crippen LogP contribution is 2.80. The Morgan fingerprint density at radius 1 is 1.00 bits per heavy atom. The van der Waals surface area contributed by atoms with Gasteiger partial charge in [-0.2, -0.15) is 0 Å². The number of rotatable bonds is 1. The topological polar surface area (TPSA) is 9.23 Å². The normalized spacial score (nSPS) is 48.1. The number of fused-ring (bicyclic) bond motifs is 7. The second-order valence-corrected chi connectivity index (χ2v) is 5.71. The van der Waals surface area contributed by atoms with Crippen LogP contribution in [0.1, 0.15) is 23.0 Å². The molecule has 0 bridgehead atoms. The van der Waals surface area contributed by atoms with E-state index < -0.39 is 0 Å². The first-order valence-electron chi connectivity index (χ1n) is 6.27. The highest BCUT2D eigenvalue weighted by atomic mass is 16.5. The van der Waals surface area contributed by atoms with Gasteiger partial charge in [0.05, 0.1) is 7.11 Å². The molecule has 0 amide bonds. The van der Waals surface area contributed by atoms with Crippen LogP contribution in [0.4, 0.5) is 0 Å². The standard InChI is InChI=1S/C15H14O/c1-16-10-4-2-3-9-11-7-5-6-8(7)13-14(11)15(13)12(9)10/h2-8,11,13-15H,1H3/t7-,8-,11+,13+,14-,15+/m0/s1. The number of hydrogen-bond donors (Lipinski definition) is 0. The molecule has 16 heavy (non-hydrogen) atoms.